The van der Waals surface area contributed by atoms with Gasteiger partial charge in [-0.1, -0.05) is 13.8 Å². The molecule has 0 fully saturated rings. The van der Waals surface area contributed by atoms with E-state index in [9.17, 15) is 0 Å². The second kappa shape index (κ2) is 3.90. The van der Waals surface area contributed by atoms with Crippen molar-refractivity contribution in [3.8, 4) is 0 Å². The summed E-state index contributed by atoms with van der Waals surface area (Å²) >= 11 is 5.77. The Morgan fingerprint density at radius 3 is 2.33 bits per heavy atom. The van der Waals surface area contributed by atoms with Gasteiger partial charge in [-0.3, -0.25) is 0 Å². The van der Waals surface area contributed by atoms with E-state index in [0.717, 1.165) is 6.42 Å². The van der Waals surface area contributed by atoms with Gasteiger partial charge in [0.05, 0.1) is 0 Å². The molecule has 1 heterocycles. The molecule has 0 bridgehead atoms. The predicted molar refractivity (Wildman–Crippen MR) is 47.3 cm³/mol. The number of hydrogen-bond donors (Lipinski definition) is 0. The summed E-state index contributed by atoms with van der Waals surface area (Å²) in [6.45, 7) is 5.95. The maximum absolute atomic E-state index is 5.77. The topological polar surface area (TPSA) is 38.9 Å². The number of halogens is 1. The summed E-state index contributed by atoms with van der Waals surface area (Å²) < 4.78 is 5.34. The number of nitrogens with zero attached hydrogens (tertiary/aromatic N) is 2. The molecule has 2 atom stereocenters. The SMILES string of the molecule is CCC(C)c1nnc(C(C)Cl)o1. The molecule has 0 amide bonds. The number of alkyl halides is 1. The van der Waals surface area contributed by atoms with Gasteiger partial charge in [0.15, 0.2) is 0 Å². The van der Waals surface area contributed by atoms with E-state index in [4.69, 9.17) is 16.0 Å². The molecular formula is C8H13ClN2O. The van der Waals surface area contributed by atoms with Crippen LogP contribution in [-0.2, 0) is 0 Å². The number of rotatable bonds is 3. The summed E-state index contributed by atoms with van der Waals surface area (Å²) in [5.74, 6) is 1.51. The molecule has 2 unspecified atom stereocenters. The first-order valence-electron chi connectivity index (χ1n) is 4.12. The molecule has 0 spiro atoms. The molecule has 0 saturated carbocycles. The van der Waals surface area contributed by atoms with Gasteiger partial charge in [-0.15, -0.1) is 21.8 Å². The highest BCUT2D eigenvalue weighted by Gasteiger charge is 2.14. The molecule has 1 aromatic rings. The maximum Gasteiger partial charge on any atom is 0.234 e. The zero-order valence-corrected chi connectivity index (χ0v) is 8.30. The Morgan fingerprint density at radius 2 is 1.92 bits per heavy atom. The van der Waals surface area contributed by atoms with E-state index in [2.05, 4.69) is 24.0 Å². The lowest BCUT2D eigenvalue weighted by molar-refractivity contribution is 0.420. The van der Waals surface area contributed by atoms with E-state index in [0.29, 0.717) is 17.7 Å². The van der Waals surface area contributed by atoms with Crippen molar-refractivity contribution in [2.45, 2.75) is 38.5 Å². The number of hydrogen-bond acceptors (Lipinski definition) is 3. The molecule has 68 valence electrons. The fourth-order valence-corrected chi connectivity index (χ4v) is 0.869. The van der Waals surface area contributed by atoms with Gasteiger partial charge in [-0.25, -0.2) is 0 Å². The highest BCUT2D eigenvalue weighted by molar-refractivity contribution is 6.20. The van der Waals surface area contributed by atoms with Crippen molar-refractivity contribution in [3.63, 3.8) is 0 Å². The van der Waals surface area contributed by atoms with Crippen LogP contribution in [0.25, 0.3) is 0 Å². The van der Waals surface area contributed by atoms with E-state index in [-0.39, 0.29) is 5.38 Å². The standard InChI is InChI=1S/C8H13ClN2O/c1-4-5(2)7-10-11-8(12-7)6(3)9/h5-6H,4H2,1-3H3. The van der Waals surface area contributed by atoms with Crippen LogP contribution >= 0.6 is 11.6 Å². The summed E-state index contributed by atoms with van der Waals surface area (Å²) in [7, 11) is 0. The summed E-state index contributed by atoms with van der Waals surface area (Å²) in [5.41, 5.74) is 0. The predicted octanol–water partition coefficient (Wildman–Crippen LogP) is 2.88. The van der Waals surface area contributed by atoms with Crippen LogP contribution < -0.4 is 0 Å². The minimum absolute atomic E-state index is 0.199. The van der Waals surface area contributed by atoms with E-state index >= 15 is 0 Å². The van der Waals surface area contributed by atoms with E-state index in [1.54, 1.807) is 0 Å². The van der Waals surface area contributed by atoms with Crippen molar-refractivity contribution in [2.24, 2.45) is 0 Å². The molecule has 0 aliphatic rings. The van der Waals surface area contributed by atoms with Crippen LogP contribution in [0.3, 0.4) is 0 Å². The van der Waals surface area contributed by atoms with Crippen molar-refractivity contribution in [3.05, 3.63) is 11.8 Å². The van der Waals surface area contributed by atoms with Gasteiger partial charge in [-0.2, -0.15) is 0 Å². The monoisotopic (exact) mass is 188 g/mol. The largest absolute Gasteiger partial charge is 0.423 e. The average Bonchev–Trinajstić information content (AvgIpc) is 2.51. The van der Waals surface area contributed by atoms with Crippen molar-refractivity contribution >= 4 is 11.6 Å². The van der Waals surface area contributed by atoms with E-state index < -0.39 is 0 Å². The zero-order valence-electron chi connectivity index (χ0n) is 7.54. The Bertz CT molecular complexity index is 247. The van der Waals surface area contributed by atoms with Crippen LogP contribution in [0.15, 0.2) is 4.42 Å². The Balaban J connectivity index is 2.77. The van der Waals surface area contributed by atoms with Gasteiger partial charge < -0.3 is 4.42 Å². The van der Waals surface area contributed by atoms with Crippen molar-refractivity contribution in [1.82, 2.24) is 10.2 Å². The Hall–Kier alpha value is -0.570. The van der Waals surface area contributed by atoms with Crippen LogP contribution in [0.5, 0.6) is 0 Å². The minimum atomic E-state index is -0.199. The minimum Gasteiger partial charge on any atom is -0.423 e. The quantitative estimate of drug-likeness (QED) is 0.685. The molecule has 12 heavy (non-hydrogen) atoms. The molecule has 0 radical (unpaired) electrons. The van der Waals surface area contributed by atoms with Crippen LogP contribution in [0.1, 0.15) is 50.3 Å². The molecule has 3 nitrogen and oxygen atoms in total. The summed E-state index contributed by atoms with van der Waals surface area (Å²) in [5, 5.41) is 7.54. The fourth-order valence-electron chi connectivity index (χ4n) is 0.781. The van der Waals surface area contributed by atoms with Crippen LogP contribution in [-0.4, -0.2) is 10.2 Å². The first-order chi connectivity index (χ1) is 5.65. The lowest BCUT2D eigenvalue weighted by Gasteiger charge is -1.99. The summed E-state index contributed by atoms with van der Waals surface area (Å²) in [6, 6.07) is 0. The first kappa shape index (κ1) is 9.52. The molecular weight excluding hydrogens is 176 g/mol. The fraction of sp³-hybridized carbons (Fsp3) is 0.750. The molecule has 0 saturated heterocycles. The van der Waals surface area contributed by atoms with E-state index in [1.807, 2.05) is 6.92 Å². The second-order valence-corrected chi connectivity index (χ2v) is 3.56. The van der Waals surface area contributed by atoms with Crippen molar-refractivity contribution in [1.29, 1.82) is 0 Å². The molecule has 0 aromatic carbocycles. The first-order valence-corrected chi connectivity index (χ1v) is 4.56. The van der Waals surface area contributed by atoms with Crippen molar-refractivity contribution in [2.75, 3.05) is 0 Å². The van der Waals surface area contributed by atoms with Gasteiger partial charge in [0.2, 0.25) is 11.8 Å². The molecule has 0 N–H and O–H groups in total. The maximum atomic E-state index is 5.77. The average molecular weight is 189 g/mol. The Kier molecular flexibility index (Phi) is 3.09. The molecule has 0 aliphatic heterocycles. The number of aromatic nitrogens is 2. The van der Waals surface area contributed by atoms with Crippen LogP contribution in [0.4, 0.5) is 0 Å². The van der Waals surface area contributed by atoms with Gasteiger partial charge in [0, 0.05) is 5.92 Å². The second-order valence-electron chi connectivity index (χ2n) is 2.90. The third kappa shape index (κ3) is 1.97. The molecule has 1 rings (SSSR count). The highest BCUT2D eigenvalue weighted by atomic mass is 35.5. The van der Waals surface area contributed by atoms with E-state index in [1.165, 1.54) is 0 Å². The van der Waals surface area contributed by atoms with Gasteiger partial charge in [0.25, 0.3) is 0 Å². The molecule has 4 heteroatoms. The Morgan fingerprint density at radius 1 is 1.33 bits per heavy atom. The zero-order chi connectivity index (χ0) is 9.14. The third-order valence-corrected chi connectivity index (χ3v) is 2.02. The summed E-state index contributed by atoms with van der Waals surface area (Å²) in [4.78, 5) is 0. The Labute approximate surface area is 77.1 Å². The molecule has 0 aliphatic carbocycles. The third-order valence-electron chi connectivity index (χ3n) is 1.83. The van der Waals surface area contributed by atoms with Gasteiger partial charge >= 0.3 is 0 Å². The normalized spacial score (nSPS) is 16.0. The van der Waals surface area contributed by atoms with Crippen molar-refractivity contribution < 1.29 is 4.42 Å². The lowest BCUT2D eigenvalue weighted by atomic mass is 10.1. The van der Waals surface area contributed by atoms with Crippen LogP contribution in [0, 0.1) is 0 Å². The lowest BCUT2D eigenvalue weighted by Crippen LogP contribution is -1.90. The highest BCUT2D eigenvalue weighted by Crippen LogP contribution is 2.22. The molecule has 1 aromatic heterocycles. The van der Waals surface area contributed by atoms with Gasteiger partial charge in [-0.05, 0) is 13.3 Å². The van der Waals surface area contributed by atoms with Gasteiger partial charge in [0.1, 0.15) is 5.38 Å². The van der Waals surface area contributed by atoms with Crippen LogP contribution in [0.2, 0.25) is 0 Å². The smallest absolute Gasteiger partial charge is 0.234 e. The summed E-state index contributed by atoms with van der Waals surface area (Å²) in [6.07, 6.45) is 0.998.